The van der Waals surface area contributed by atoms with E-state index in [4.69, 9.17) is 10.00 Å². The van der Waals surface area contributed by atoms with Crippen molar-refractivity contribution in [2.75, 3.05) is 6.54 Å². The van der Waals surface area contributed by atoms with E-state index in [1.54, 1.807) is 6.92 Å². The molecular formula is C39H48N2O3. The lowest BCUT2D eigenvalue weighted by molar-refractivity contribution is -0.121. The van der Waals surface area contributed by atoms with Gasteiger partial charge in [-0.3, -0.25) is 4.79 Å². The molecule has 5 heteroatoms. The third-order valence-corrected chi connectivity index (χ3v) is 8.63. The molecule has 0 radical (unpaired) electrons. The lowest BCUT2D eigenvalue weighted by atomic mass is 9.84. The molecule has 1 saturated carbocycles. The molecule has 0 saturated heterocycles. The Morgan fingerprint density at radius 1 is 1.07 bits per heavy atom. The summed E-state index contributed by atoms with van der Waals surface area (Å²) in [6, 6.07) is 19.4. The van der Waals surface area contributed by atoms with Gasteiger partial charge in [-0.05, 0) is 112 Å². The molecule has 3 unspecified atom stereocenters. The zero-order chi connectivity index (χ0) is 31.0. The number of benzene rings is 2. The summed E-state index contributed by atoms with van der Waals surface area (Å²) in [5, 5.41) is 12.5. The number of nitrogens with zero attached hydrogens (tertiary/aromatic N) is 1. The molecule has 5 nitrogen and oxygen atoms in total. The molecule has 2 aromatic rings. The highest BCUT2D eigenvalue weighted by Crippen LogP contribution is 2.32. The smallest absolute Gasteiger partial charge is 0.154 e. The molecule has 2 aromatic carbocycles. The highest BCUT2D eigenvalue weighted by molar-refractivity contribution is 5.85. The Hall–Kier alpha value is -3.75. The first-order valence-corrected chi connectivity index (χ1v) is 16.5. The van der Waals surface area contributed by atoms with Crippen LogP contribution in [-0.4, -0.2) is 24.2 Å². The zero-order valence-corrected chi connectivity index (χ0v) is 26.3. The fraction of sp³-hybridized carbons (Fsp3) is 0.462. The normalized spacial score (nSPS) is 18.8. The Kier molecular flexibility index (Phi) is 13.7. The van der Waals surface area contributed by atoms with Gasteiger partial charge < -0.3 is 14.8 Å². The number of Topliss-reactive ketones (excluding diaryl/α,β-unsaturated/α-hetero) is 2. The van der Waals surface area contributed by atoms with Crippen molar-refractivity contribution in [3.63, 3.8) is 0 Å². The predicted octanol–water partition coefficient (Wildman–Crippen LogP) is 8.67. The number of nitriles is 1. The Labute approximate surface area is 264 Å². The Morgan fingerprint density at radius 3 is 2.59 bits per heavy atom. The van der Waals surface area contributed by atoms with E-state index in [2.05, 4.69) is 35.7 Å². The van der Waals surface area contributed by atoms with Gasteiger partial charge in [0.1, 0.15) is 11.5 Å². The Morgan fingerprint density at radius 2 is 1.86 bits per heavy atom. The van der Waals surface area contributed by atoms with Gasteiger partial charge in [-0.2, -0.15) is 5.26 Å². The van der Waals surface area contributed by atoms with Crippen LogP contribution in [0.5, 0.6) is 0 Å². The van der Waals surface area contributed by atoms with Crippen LogP contribution in [0, 0.1) is 17.2 Å². The van der Waals surface area contributed by atoms with Crippen molar-refractivity contribution >= 4 is 11.6 Å². The maximum absolute atomic E-state index is 13.3. The second-order valence-corrected chi connectivity index (χ2v) is 12.4. The monoisotopic (exact) mass is 592 g/mol. The number of nitrogens with one attached hydrogen (secondary N) is 1. The average molecular weight is 593 g/mol. The number of hydrogen-bond donors (Lipinski definition) is 1. The second kappa shape index (κ2) is 18.1. The molecule has 232 valence electrons. The van der Waals surface area contributed by atoms with Crippen LogP contribution in [0.25, 0.3) is 0 Å². The van der Waals surface area contributed by atoms with Gasteiger partial charge in [-0.25, -0.2) is 0 Å². The molecule has 0 heterocycles. The lowest BCUT2D eigenvalue weighted by Gasteiger charge is -2.30. The lowest BCUT2D eigenvalue weighted by Crippen LogP contribution is -2.30. The van der Waals surface area contributed by atoms with Crippen molar-refractivity contribution < 1.29 is 14.3 Å². The van der Waals surface area contributed by atoms with Crippen molar-refractivity contribution in [1.29, 1.82) is 5.26 Å². The fourth-order valence-electron chi connectivity index (χ4n) is 5.91. The van der Waals surface area contributed by atoms with Crippen LogP contribution in [0.1, 0.15) is 107 Å². The molecule has 2 aliphatic carbocycles. The van der Waals surface area contributed by atoms with Gasteiger partial charge in [-0.1, -0.05) is 66.6 Å². The maximum Gasteiger partial charge on any atom is 0.154 e. The zero-order valence-electron chi connectivity index (χ0n) is 26.3. The molecule has 0 spiro atoms. The van der Waals surface area contributed by atoms with Crippen molar-refractivity contribution in [2.45, 2.75) is 103 Å². The van der Waals surface area contributed by atoms with E-state index in [-0.39, 0.29) is 23.7 Å². The van der Waals surface area contributed by atoms with Gasteiger partial charge >= 0.3 is 0 Å². The minimum atomic E-state index is -0.320. The van der Waals surface area contributed by atoms with Crippen LogP contribution in [0.2, 0.25) is 0 Å². The maximum atomic E-state index is 13.3. The number of carbonyl (C=O) groups is 2. The third-order valence-electron chi connectivity index (χ3n) is 8.63. The van der Waals surface area contributed by atoms with Gasteiger partial charge in [0.2, 0.25) is 0 Å². The number of rotatable bonds is 19. The highest BCUT2D eigenvalue weighted by atomic mass is 16.5. The van der Waals surface area contributed by atoms with Crippen molar-refractivity contribution in [3.8, 4) is 6.07 Å². The van der Waals surface area contributed by atoms with Gasteiger partial charge in [0, 0.05) is 19.4 Å². The first kappa shape index (κ1) is 33.1. The van der Waals surface area contributed by atoms with Gasteiger partial charge in [0.25, 0.3) is 0 Å². The van der Waals surface area contributed by atoms with E-state index in [1.807, 2.05) is 54.6 Å². The predicted molar refractivity (Wildman–Crippen MR) is 177 cm³/mol. The molecular weight excluding hydrogens is 544 g/mol. The van der Waals surface area contributed by atoms with Crippen LogP contribution < -0.4 is 5.32 Å². The van der Waals surface area contributed by atoms with E-state index in [1.165, 1.54) is 12.0 Å². The topological polar surface area (TPSA) is 79.2 Å². The summed E-state index contributed by atoms with van der Waals surface area (Å²) in [4.78, 5) is 24.8. The van der Waals surface area contributed by atoms with Gasteiger partial charge in [0.15, 0.2) is 5.78 Å². The molecule has 0 aliphatic heterocycles. The number of unbranched alkanes of at least 4 members (excludes halogenated alkanes) is 2. The van der Waals surface area contributed by atoms with Gasteiger partial charge in [0.05, 0.1) is 23.8 Å². The van der Waals surface area contributed by atoms with Crippen LogP contribution in [-0.2, 0) is 20.7 Å². The number of carbonyl (C=O) groups excluding carboxylic acids is 2. The fourth-order valence-corrected chi connectivity index (χ4v) is 5.91. The van der Waals surface area contributed by atoms with E-state index < -0.39 is 0 Å². The number of hydrogen-bond acceptors (Lipinski definition) is 5. The number of ketones is 2. The van der Waals surface area contributed by atoms with Crippen molar-refractivity contribution in [1.82, 2.24) is 5.32 Å². The van der Waals surface area contributed by atoms with Crippen LogP contribution in [0.3, 0.4) is 0 Å². The molecule has 1 fully saturated rings. The summed E-state index contributed by atoms with van der Waals surface area (Å²) in [6.07, 6.45) is 21.3. The summed E-state index contributed by atoms with van der Waals surface area (Å²) in [7, 11) is 0. The summed E-state index contributed by atoms with van der Waals surface area (Å²) in [6.45, 7) is 2.37. The molecule has 4 rings (SSSR count). The van der Waals surface area contributed by atoms with Gasteiger partial charge in [-0.15, -0.1) is 0 Å². The minimum absolute atomic E-state index is 0.221. The van der Waals surface area contributed by atoms with Crippen molar-refractivity contribution in [3.05, 3.63) is 107 Å². The first-order valence-electron chi connectivity index (χ1n) is 16.5. The molecule has 0 aromatic heterocycles. The minimum Gasteiger partial charge on any atom is -0.491 e. The Balaban J connectivity index is 1.23. The number of allylic oxidation sites excluding steroid dienone is 5. The standard InChI is InChI=1S/C39H48N2O3/c1-30(42)16-17-33-10-9-14-37(28-33)44-36(25-24-31-18-19-31)13-7-2-3-8-15-38(43)39(35-11-5-4-6-12-35)41-27-26-32-20-22-34(29-40)23-21-32/h4-7,11-13,18,20-23,25,33,37,39,41H,2-3,8-10,14-17,19,24,26-28H2,1H3/b13-7-,36-25+. The summed E-state index contributed by atoms with van der Waals surface area (Å²) >= 11 is 0. The van der Waals surface area contributed by atoms with Crippen LogP contribution in [0.15, 0.2) is 90.2 Å². The summed E-state index contributed by atoms with van der Waals surface area (Å²) in [5.41, 5.74) is 4.27. The van der Waals surface area contributed by atoms with E-state index in [9.17, 15) is 9.59 Å². The van der Waals surface area contributed by atoms with E-state index in [0.29, 0.717) is 30.9 Å². The molecule has 44 heavy (non-hydrogen) atoms. The average Bonchev–Trinajstić information content (AvgIpc) is 3.88. The highest BCUT2D eigenvalue weighted by Gasteiger charge is 2.24. The molecule has 0 amide bonds. The summed E-state index contributed by atoms with van der Waals surface area (Å²) in [5.74, 6) is 2.04. The Bertz CT molecular complexity index is 1330. The molecule has 1 N–H and O–H groups in total. The third kappa shape index (κ3) is 12.1. The molecule has 3 atom stereocenters. The van der Waals surface area contributed by atoms with Crippen LogP contribution in [0.4, 0.5) is 0 Å². The largest absolute Gasteiger partial charge is 0.491 e. The number of ether oxygens (including phenoxy) is 1. The summed E-state index contributed by atoms with van der Waals surface area (Å²) < 4.78 is 6.50. The van der Waals surface area contributed by atoms with Crippen LogP contribution >= 0.6 is 0 Å². The SMILES string of the molecule is CC(=O)CCC1CCCC(OC(/C=C\CCCCC(=O)C(NCCc2ccc(C#N)cc2)c2ccccc2)=C/CC2=CC2)C1. The van der Waals surface area contributed by atoms with Crippen molar-refractivity contribution in [2.24, 2.45) is 5.92 Å². The molecule has 2 aliphatic rings. The van der Waals surface area contributed by atoms with E-state index in [0.717, 1.165) is 81.1 Å². The quantitative estimate of drug-likeness (QED) is 0.0764. The van der Waals surface area contributed by atoms with E-state index >= 15 is 0 Å². The first-order chi connectivity index (χ1) is 21.5. The second-order valence-electron chi connectivity index (χ2n) is 12.4. The molecule has 0 bridgehead atoms.